The van der Waals surface area contributed by atoms with E-state index in [1.54, 1.807) is 19.0 Å². The van der Waals surface area contributed by atoms with E-state index in [0.717, 1.165) is 12.2 Å². The van der Waals surface area contributed by atoms with Crippen LogP contribution in [0.15, 0.2) is 0 Å². The van der Waals surface area contributed by atoms with Crippen LogP contribution in [0.1, 0.15) is 19.7 Å². The monoisotopic (exact) mass is 228 g/mol. The van der Waals surface area contributed by atoms with Crippen molar-refractivity contribution in [2.45, 2.75) is 26.3 Å². The number of rotatable bonds is 4. The molecule has 0 radical (unpaired) electrons. The highest BCUT2D eigenvalue weighted by Crippen LogP contribution is 2.12. The number of hydrogen-bond donors (Lipinski definition) is 1. The van der Waals surface area contributed by atoms with Crippen LogP contribution in [0.5, 0.6) is 0 Å². The van der Waals surface area contributed by atoms with Gasteiger partial charge in [-0.1, -0.05) is 6.92 Å². The fourth-order valence-electron chi connectivity index (χ4n) is 1.09. The maximum absolute atomic E-state index is 11.5. The number of carbonyl (C=O) groups excluding carboxylic acids is 1. The van der Waals surface area contributed by atoms with Crippen LogP contribution in [-0.4, -0.2) is 40.3 Å². The quantitative estimate of drug-likeness (QED) is 0.835. The summed E-state index contributed by atoms with van der Waals surface area (Å²) in [4.78, 5) is 17.3. The third-order valence-electron chi connectivity index (χ3n) is 1.94. The lowest BCUT2D eigenvalue weighted by atomic mass is 10.3. The van der Waals surface area contributed by atoms with Crippen molar-refractivity contribution in [1.82, 2.24) is 14.3 Å². The molecule has 5 nitrogen and oxygen atoms in total. The third kappa shape index (κ3) is 3.16. The van der Waals surface area contributed by atoms with Gasteiger partial charge in [0.1, 0.15) is 11.9 Å². The minimum Gasteiger partial charge on any atom is -0.349 e. The van der Waals surface area contributed by atoms with Crippen LogP contribution in [0.2, 0.25) is 0 Å². The van der Waals surface area contributed by atoms with Crippen LogP contribution in [0, 0.1) is 0 Å². The molecule has 1 atom stereocenters. The first-order valence-corrected chi connectivity index (χ1v) is 5.62. The van der Waals surface area contributed by atoms with Gasteiger partial charge in [-0.05, 0) is 6.92 Å². The number of hydrogen-bond acceptors (Lipinski definition) is 5. The van der Waals surface area contributed by atoms with E-state index in [1.165, 1.54) is 11.5 Å². The zero-order chi connectivity index (χ0) is 11.4. The summed E-state index contributed by atoms with van der Waals surface area (Å²) in [6, 6.07) is -0.266. The number of aryl methyl sites for hydroxylation is 1. The van der Waals surface area contributed by atoms with Gasteiger partial charge in [0, 0.05) is 32.0 Å². The molecule has 1 amide bonds. The highest BCUT2D eigenvalue weighted by Gasteiger charge is 2.15. The van der Waals surface area contributed by atoms with Gasteiger partial charge in [-0.15, -0.1) is 0 Å². The van der Waals surface area contributed by atoms with E-state index >= 15 is 0 Å². The van der Waals surface area contributed by atoms with Crippen molar-refractivity contribution < 1.29 is 4.79 Å². The Kier molecular flexibility index (Phi) is 4.02. The van der Waals surface area contributed by atoms with E-state index in [-0.39, 0.29) is 11.9 Å². The molecule has 0 aliphatic carbocycles. The van der Waals surface area contributed by atoms with Crippen molar-refractivity contribution in [2.75, 3.05) is 19.4 Å². The molecular formula is C9H16N4OS. The zero-order valence-corrected chi connectivity index (χ0v) is 10.3. The molecule has 1 rings (SSSR count). The van der Waals surface area contributed by atoms with Crippen LogP contribution in [0.3, 0.4) is 0 Å². The van der Waals surface area contributed by atoms with E-state index in [1.807, 2.05) is 13.8 Å². The molecule has 1 aromatic heterocycles. The average molecular weight is 228 g/mol. The second kappa shape index (κ2) is 5.06. The minimum atomic E-state index is -0.266. The van der Waals surface area contributed by atoms with Gasteiger partial charge in [-0.2, -0.15) is 4.37 Å². The van der Waals surface area contributed by atoms with Gasteiger partial charge in [0.15, 0.2) is 0 Å². The predicted octanol–water partition coefficient (Wildman–Crippen LogP) is 0.989. The summed E-state index contributed by atoms with van der Waals surface area (Å²) in [6.07, 6.45) is 0.814. The van der Waals surface area contributed by atoms with Gasteiger partial charge in [0.25, 0.3) is 0 Å². The first-order chi connectivity index (χ1) is 7.04. The largest absolute Gasteiger partial charge is 0.349 e. The van der Waals surface area contributed by atoms with E-state index in [9.17, 15) is 4.79 Å². The number of likely N-dealkylation sites (N-methyl/N-ethyl adjacent to an activating group) is 1. The number of amides is 1. The summed E-state index contributed by atoms with van der Waals surface area (Å²) in [5.74, 6) is 0.843. The lowest BCUT2D eigenvalue weighted by Crippen LogP contribution is -2.36. The minimum absolute atomic E-state index is 0.0308. The molecule has 0 unspecified atom stereocenters. The summed E-state index contributed by atoms with van der Waals surface area (Å²) in [6.45, 7) is 3.82. The maximum atomic E-state index is 11.5. The van der Waals surface area contributed by atoms with Gasteiger partial charge in [0.05, 0.1) is 0 Å². The molecule has 0 bridgehead atoms. The topological polar surface area (TPSA) is 58.1 Å². The van der Waals surface area contributed by atoms with E-state index in [2.05, 4.69) is 14.7 Å². The summed E-state index contributed by atoms with van der Waals surface area (Å²) < 4.78 is 4.14. The van der Waals surface area contributed by atoms with Crippen LogP contribution in [0.4, 0.5) is 5.13 Å². The smallest absolute Gasteiger partial charge is 0.244 e. The molecule has 1 aromatic rings. The summed E-state index contributed by atoms with van der Waals surface area (Å²) in [7, 11) is 3.47. The fourth-order valence-corrected chi connectivity index (χ4v) is 1.83. The number of nitrogens with one attached hydrogen (secondary N) is 1. The van der Waals surface area contributed by atoms with Crippen LogP contribution in [-0.2, 0) is 11.2 Å². The molecule has 0 saturated heterocycles. The average Bonchev–Trinajstić information content (AvgIpc) is 2.64. The Morgan fingerprint density at radius 2 is 2.27 bits per heavy atom. The fraction of sp³-hybridized carbons (Fsp3) is 0.667. The van der Waals surface area contributed by atoms with Gasteiger partial charge in [0.2, 0.25) is 11.0 Å². The highest BCUT2D eigenvalue weighted by molar-refractivity contribution is 7.09. The van der Waals surface area contributed by atoms with Crippen LogP contribution < -0.4 is 5.32 Å². The molecule has 0 spiro atoms. The Labute approximate surface area is 93.7 Å². The molecule has 15 heavy (non-hydrogen) atoms. The number of nitrogens with zero attached hydrogens (tertiary/aromatic N) is 3. The van der Waals surface area contributed by atoms with Crippen molar-refractivity contribution in [1.29, 1.82) is 0 Å². The van der Waals surface area contributed by atoms with E-state index in [4.69, 9.17) is 0 Å². The van der Waals surface area contributed by atoms with Gasteiger partial charge in [-0.3, -0.25) is 4.79 Å². The molecule has 6 heteroatoms. The molecule has 1 N–H and O–H groups in total. The number of anilines is 1. The maximum Gasteiger partial charge on any atom is 0.244 e. The molecule has 84 valence electrons. The second-order valence-electron chi connectivity index (χ2n) is 3.47. The number of aromatic nitrogens is 2. The normalized spacial score (nSPS) is 12.3. The van der Waals surface area contributed by atoms with Gasteiger partial charge in [-0.25, -0.2) is 4.98 Å². The lowest BCUT2D eigenvalue weighted by molar-refractivity contribution is -0.129. The Balaban J connectivity index is 2.58. The van der Waals surface area contributed by atoms with Crippen molar-refractivity contribution in [3.63, 3.8) is 0 Å². The molecule has 1 heterocycles. The molecule has 0 aromatic carbocycles. The SMILES string of the molecule is CCc1nsc(N[C@@H](C)C(=O)N(C)C)n1. The summed E-state index contributed by atoms with van der Waals surface area (Å²) >= 11 is 1.29. The Hall–Kier alpha value is -1.17. The highest BCUT2D eigenvalue weighted by atomic mass is 32.1. The standard InChI is InChI=1S/C9H16N4OS/c1-5-7-11-9(15-12-7)10-6(2)8(14)13(3)4/h6H,5H2,1-4H3,(H,10,11,12)/t6-/m0/s1. The lowest BCUT2D eigenvalue weighted by Gasteiger charge is -2.16. The van der Waals surface area contributed by atoms with Gasteiger partial charge < -0.3 is 10.2 Å². The molecule has 0 fully saturated rings. The van der Waals surface area contributed by atoms with Crippen molar-refractivity contribution >= 4 is 22.6 Å². The predicted molar refractivity (Wildman–Crippen MR) is 61.1 cm³/mol. The summed E-state index contributed by atoms with van der Waals surface area (Å²) in [5, 5.41) is 3.73. The molecule has 0 aliphatic heterocycles. The Bertz CT molecular complexity index is 337. The summed E-state index contributed by atoms with van der Waals surface area (Å²) in [5.41, 5.74) is 0. The molecule has 0 saturated carbocycles. The van der Waals surface area contributed by atoms with E-state index in [0.29, 0.717) is 5.13 Å². The van der Waals surface area contributed by atoms with Crippen molar-refractivity contribution in [2.24, 2.45) is 0 Å². The third-order valence-corrected chi connectivity index (χ3v) is 2.62. The van der Waals surface area contributed by atoms with Crippen LogP contribution >= 0.6 is 11.5 Å². The van der Waals surface area contributed by atoms with Crippen LogP contribution in [0.25, 0.3) is 0 Å². The Morgan fingerprint density at radius 3 is 2.73 bits per heavy atom. The first kappa shape index (κ1) is 11.9. The van der Waals surface area contributed by atoms with E-state index < -0.39 is 0 Å². The molecular weight excluding hydrogens is 212 g/mol. The van der Waals surface area contributed by atoms with Crippen molar-refractivity contribution in [3.8, 4) is 0 Å². The Morgan fingerprint density at radius 1 is 1.60 bits per heavy atom. The first-order valence-electron chi connectivity index (χ1n) is 4.85. The zero-order valence-electron chi connectivity index (χ0n) is 9.44. The van der Waals surface area contributed by atoms with Gasteiger partial charge >= 0.3 is 0 Å². The molecule has 0 aliphatic rings. The van der Waals surface area contributed by atoms with Crippen molar-refractivity contribution in [3.05, 3.63) is 5.82 Å². The second-order valence-corrected chi connectivity index (χ2v) is 4.22. The number of carbonyl (C=O) groups is 1.